The molecule has 0 amide bonds. The molecule has 6 heteroatoms. The Balaban J connectivity index is 1.56. The van der Waals surface area contributed by atoms with Crippen LogP contribution in [0, 0.1) is 17.8 Å². The van der Waals surface area contributed by atoms with Crippen molar-refractivity contribution in [2.45, 2.75) is 165 Å². The van der Waals surface area contributed by atoms with Gasteiger partial charge in [-0.3, -0.25) is 4.79 Å². The molecule has 0 aliphatic heterocycles. The standard InChI is InChI=1S/C31H60N4O2/c32-30(33)21-17-26(18-22-30)29(27-19-23-31(34,35)24-20-27)28(37)16-14-12-10-8-6-4-2-1-3-5-7-9-11-13-15-25-36/h25-27,29H,1-24,32-35H2. The molecular weight excluding hydrogens is 460 g/mol. The molecule has 0 aromatic rings. The van der Waals surface area contributed by atoms with Crippen molar-refractivity contribution in [3.8, 4) is 0 Å². The van der Waals surface area contributed by atoms with E-state index in [1.165, 1.54) is 77.0 Å². The van der Waals surface area contributed by atoms with Gasteiger partial charge in [-0.2, -0.15) is 0 Å². The van der Waals surface area contributed by atoms with Crippen molar-refractivity contribution in [1.82, 2.24) is 0 Å². The summed E-state index contributed by atoms with van der Waals surface area (Å²) in [6, 6.07) is 0. The van der Waals surface area contributed by atoms with Crippen molar-refractivity contribution in [3.63, 3.8) is 0 Å². The summed E-state index contributed by atoms with van der Waals surface area (Å²) >= 11 is 0. The fourth-order valence-corrected chi connectivity index (χ4v) is 6.80. The molecule has 0 unspecified atom stereocenters. The van der Waals surface area contributed by atoms with Gasteiger partial charge in [0.1, 0.15) is 12.1 Å². The zero-order valence-electron chi connectivity index (χ0n) is 23.9. The van der Waals surface area contributed by atoms with Gasteiger partial charge in [0, 0.05) is 18.8 Å². The van der Waals surface area contributed by atoms with E-state index in [0.717, 1.165) is 83.3 Å². The van der Waals surface area contributed by atoms with Gasteiger partial charge in [0.2, 0.25) is 0 Å². The number of rotatable bonds is 20. The lowest BCUT2D eigenvalue weighted by Gasteiger charge is -2.43. The Labute approximate surface area is 227 Å². The number of hydrogen-bond acceptors (Lipinski definition) is 6. The van der Waals surface area contributed by atoms with Crippen LogP contribution in [0.4, 0.5) is 0 Å². The van der Waals surface area contributed by atoms with E-state index in [1.54, 1.807) is 0 Å². The van der Waals surface area contributed by atoms with Crippen molar-refractivity contribution in [2.75, 3.05) is 0 Å². The Kier molecular flexibility index (Phi) is 15.5. The van der Waals surface area contributed by atoms with Crippen LogP contribution in [0.25, 0.3) is 0 Å². The number of hydrogen-bond donors (Lipinski definition) is 4. The van der Waals surface area contributed by atoms with Crippen molar-refractivity contribution in [2.24, 2.45) is 40.7 Å². The Morgan fingerprint density at radius 3 is 1.27 bits per heavy atom. The number of ketones is 1. The fourth-order valence-electron chi connectivity index (χ4n) is 6.80. The predicted molar refractivity (Wildman–Crippen MR) is 155 cm³/mol. The van der Waals surface area contributed by atoms with Crippen molar-refractivity contribution in [3.05, 3.63) is 0 Å². The lowest BCUT2D eigenvalue weighted by molar-refractivity contribution is -0.128. The third-order valence-corrected chi connectivity index (χ3v) is 9.30. The van der Waals surface area contributed by atoms with E-state index in [4.69, 9.17) is 22.9 Å². The molecule has 0 aromatic heterocycles. The number of unbranched alkanes of at least 4 members (excludes halogenated alkanes) is 14. The van der Waals surface area contributed by atoms with Crippen LogP contribution in [0.5, 0.6) is 0 Å². The zero-order valence-corrected chi connectivity index (χ0v) is 23.9. The van der Waals surface area contributed by atoms with Gasteiger partial charge in [-0.1, -0.05) is 77.0 Å². The minimum Gasteiger partial charge on any atom is -0.313 e. The zero-order chi connectivity index (χ0) is 27.0. The highest BCUT2D eigenvalue weighted by Crippen LogP contribution is 2.42. The van der Waals surface area contributed by atoms with E-state index >= 15 is 0 Å². The van der Waals surface area contributed by atoms with E-state index in [1.807, 2.05) is 0 Å². The molecule has 0 bridgehead atoms. The Morgan fingerprint density at radius 1 is 0.595 bits per heavy atom. The van der Waals surface area contributed by atoms with Gasteiger partial charge in [-0.05, 0) is 76.0 Å². The molecule has 2 aliphatic rings. The molecule has 0 aromatic carbocycles. The second kappa shape index (κ2) is 17.7. The largest absolute Gasteiger partial charge is 0.313 e. The highest BCUT2D eigenvalue weighted by molar-refractivity contribution is 5.81. The molecule has 216 valence electrons. The van der Waals surface area contributed by atoms with Crippen LogP contribution >= 0.6 is 0 Å². The first-order chi connectivity index (χ1) is 17.7. The van der Waals surface area contributed by atoms with Crippen LogP contribution in [-0.2, 0) is 9.59 Å². The molecule has 8 N–H and O–H groups in total. The number of carbonyl (C=O) groups is 2. The molecule has 2 aliphatic carbocycles. The van der Waals surface area contributed by atoms with E-state index in [0.29, 0.717) is 17.6 Å². The average Bonchev–Trinajstić information content (AvgIpc) is 2.86. The highest BCUT2D eigenvalue weighted by Gasteiger charge is 2.41. The second-order valence-corrected chi connectivity index (χ2v) is 12.8. The monoisotopic (exact) mass is 520 g/mol. The Hall–Kier alpha value is -0.820. The summed E-state index contributed by atoms with van der Waals surface area (Å²) in [4.78, 5) is 23.8. The molecule has 0 atom stereocenters. The topological polar surface area (TPSA) is 138 Å². The molecular formula is C31H60N4O2. The van der Waals surface area contributed by atoms with Crippen molar-refractivity contribution < 1.29 is 9.59 Å². The van der Waals surface area contributed by atoms with Gasteiger partial charge in [-0.15, -0.1) is 0 Å². The van der Waals surface area contributed by atoms with Crippen LogP contribution < -0.4 is 22.9 Å². The van der Waals surface area contributed by atoms with E-state index in [-0.39, 0.29) is 5.92 Å². The molecule has 2 rings (SSSR count). The highest BCUT2D eigenvalue weighted by atomic mass is 16.1. The summed E-state index contributed by atoms with van der Waals surface area (Å²) in [5, 5.41) is 0. The normalized spacial score (nSPS) is 20.4. The first-order valence-corrected chi connectivity index (χ1v) is 15.9. The summed E-state index contributed by atoms with van der Waals surface area (Å²) in [5.74, 6) is 1.46. The second-order valence-electron chi connectivity index (χ2n) is 12.8. The van der Waals surface area contributed by atoms with Crippen molar-refractivity contribution in [1.29, 1.82) is 0 Å². The van der Waals surface area contributed by atoms with Gasteiger partial charge < -0.3 is 27.7 Å². The molecule has 6 nitrogen and oxygen atoms in total. The predicted octanol–water partition coefficient (Wildman–Crippen LogP) is 6.22. The maximum Gasteiger partial charge on any atom is 0.136 e. The first kappa shape index (κ1) is 32.4. The van der Waals surface area contributed by atoms with Gasteiger partial charge >= 0.3 is 0 Å². The quantitative estimate of drug-likeness (QED) is 0.0853. The molecule has 0 saturated heterocycles. The minimum absolute atomic E-state index is 0.142. The van der Waals surface area contributed by atoms with Gasteiger partial charge in [0.15, 0.2) is 0 Å². The molecule has 2 saturated carbocycles. The molecule has 0 radical (unpaired) electrons. The van der Waals surface area contributed by atoms with E-state index < -0.39 is 11.3 Å². The molecule has 0 heterocycles. The molecule has 2 fully saturated rings. The molecule has 0 spiro atoms. The summed E-state index contributed by atoms with van der Waals surface area (Å²) in [6.07, 6.45) is 27.3. The maximum atomic E-state index is 13.5. The third kappa shape index (κ3) is 13.7. The van der Waals surface area contributed by atoms with Gasteiger partial charge in [0.05, 0.1) is 11.3 Å². The van der Waals surface area contributed by atoms with E-state index in [2.05, 4.69) is 0 Å². The van der Waals surface area contributed by atoms with Gasteiger partial charge in [-0.25, -0.2) is 0 Å². The fraction of sp³-hybridized carbons (Fsp3) is 0.935. The number of nitrogens with two attached hydrogens (primary N) is 4. The maximum absolute atomic E-state index is 13.5. The number of carbonyl (C=O) groups excluding carboxylic acids is 2. The number of aldehydes is 1. The third-order valence-electron chi connectivity index (χ3n) is 9.30. The summed E-state index contributed by atoms with van der Waals surface area (Å²) in [5.41, 5.74) is 23.6. The Morgan fingerprint density at radius 2 is 0.919 bits per heavy atom. The summed E-state index contributed by atoms with van der Waals surface area (Å²) in [7, 11) is 0. The van der Waals surface area contributed by atoms with Crippen LogP contribution in [-0.4, -0.2) is 23.4 Å². The minimum atomic E-state index is -0.557. The van der Waals surface area contributed by atoms with Crippen LogP contribution in [0.15, 0.2) is 0 Å². The Bertz CT molecular complexity index is 589. The summed E-state index contributed by atoms with van der Waals surface area (Å²) in [6.45, 7) is 0. The average molecular weight is 521 g/mol. The lowest BCUT2D eigenvalue weighted by Crippen LogP contribution is -2.54. The lowest BCUT2D eigenvalue weighted by atomic mass is 9.65. The van der Waals surface area contributed by atoms with Gasteiger partial charge in [0.25, 0.3) is 0 Å². The van der Waals surface area contributed by atoms with Crippen LogP contribution in [0.3, 0.4) is 0 Å². The van der Waals surface area contributed by atoms with Crippen LogP contribution in [0.2, 0.25) is 0 Å². The van der Waals surface area contributed by atoms with Crippen LogP contribution in [0.1, 0.15) is 154 Å². The summed E-state index contributed by atoms with van der Waals surface area (Å²) < 4.78 is 0. The SMILES string of the molecule is NC1(N)CCC(C(C(=O)CCCCCCCCCCCCCCCCC=O)C2CCC(N)(N)CC2)CC1. The van der Waals surface area contributed by atoms with Crippen molar-refractivity contribution >= 4 is 12.1 Å². The number of Topliss-reactive ketones (excluding diaryl/α,β-unsaturated/α-hetero) is 1. The molecule has 37 heavy (non-hydrogen) atoms. The van der Waals surface area contributed by atoms with E-state index in [9.17, 15) is 9.59 Å². The smallest absolute Gasteiger partial charge is 0.136 e. The first-order valence-electron chi connectivity index (χ1n) is 15.9.